The number of benzene rings is 1. The topological polar surface area (TPSA) is 108 Å². The Bertz CT molecular complexity index is 1380. The number of aliphatic imine (C=N–C) groups is 1. The maximum atomic E-state index is 14.5. The highest BCUT2D eigenvalue weighted by Crippen LogP contribution is 2.47. The highest BCUT2D eigenvalue weighted by atomic mass is 19.4. The molecule has 1 spiro atoms. The molecule has 2 unspecified atom stereocenters. The largest absolute Gasteiger partial charge is 0.573 e. The van der Waals surface area contributed by atoms with Crippen molar-refractivity contribution in [3.05, 3.63) is 53.6 Å². The molecule has 46 heavy (non-hydrogen) atoms. The Labute approximate surface area is 269 Å². The molecule has 1 aromatic rings. The molecule has 0 bridgehead atoms. The van der Waals surface area contributed by atoms with E-state index < -0.39 is 23.7 Å². The summed E-state index contributed by atoms with van der Waals surface area (Å²) in [6.45, 7) is 10.8. The Morgan fingerprint density at radius 2 is 1.87 bits per heavy atom. The van der Waals surface area contributed by atoms with Crippen LogP contribution in [0, 0.1) is 23.2 Å². The molecule has 1 saturated carbocycles. The van der Waals surface area contributed by atoms with Gasteiger partial charge in [0, 0.05) is 29.6 Å². The summed E-state index contributed by atoms with van der Waals surface area (Å²) in [6, 6.07) is 5.19. The number of halogens is 3. The lowest BCUT2D eigenvalue weighted by Gasteiger charge is -2.48. The standard InChI is InChI=1S/C35H46F3N3O5/c1-22(2)23-13-18-34(19-14-23)40-30(26-7-6-8-27(21-26)46-35(36,37)38)32(45)41(34)28(15-17-33(3,4)5)24-9-11-25(12-10-24)31(44)39-20-16-29(42)43/h6-9,11-12,21-24,28H,10,13-20H2,1-5H3,(H,39,44)(H,42,43). The van der Waals surface area contributed by atoms with Crippen molar-refractivity contribution in [1.82, 2.24) is 10.2 Å². The van der Waals surface area contributed by atoms with Crippen molar-refractivity contribution in [2.75, 3.05) is 6.54 Å². The first-order valence-corrected chi connectivity index (χ1v) is 16.2. The number of nitrogens with one attached hydrogen (secondary N) is 1. The molecule has 1 heterocycles. The van der Waals surface area contributed by atoms with Gasteiger partial charge in [-0.3, -0.25) is 19.4 Å². The van der Waals surface area contributed by atoms with Crippen LogP contribution < -0.4 is 10.1 Å². The maximum absolute atomic E-state index is 14.5. The molecule has 2 amide bonds. The van der Waals surface area contributed by atoms with Gasteiger partial charge < -0.3 is 20.1 Å². The average molecular weight is 646 g/mol. The van der Waals surface area contributed by atoms with Gasteiger partial charge in [-0.1, -0.05) is 65.0 Å². The van der Waals surface area contributed by atoms with Crippen LogP contribution in [0.4, 0.5) is 13.2 Å². The number of carboxylic acids is 1. The zero-order chi connectivity index (χ0) is 33.9. The molecule has 8 nitrogen and oxygen atoms in total. The fourth-order valence-corrected chi connectivity index (χ4v) is 6.81. The van der Waals surface area contributed by atoms with E-state index in [1.165, 1.54) is 18.2 Å². The van der Waals surface area contributed by atoms with Gasteiger partial charge in [0.15, 0.2) is 0 Å². The number of nitrogens with zero attached hydrogens (tertiary/aromatic N) is 2. The smallest absolute Gasteiger partial charge is 0.481 e. The summed E-state index contributed by atoms with van der Waals surface area (Å²) in [6.07, 6.45) is 5.51. The Kier molecular flexibility index (Phi) is 10.7. The lowest BCUT2D eigenvalue weighted by molar-refractivity contribution is -0.274. The maximum Gasteiger partial charge on any atom is 0.573 e. The normalized spacial score (nSPS) is 24.2. The summed E-state index contributed by atoms with van der Waals surface area (Å²) >= 11 is 0. The number of rotatable bonds is 11. The van der Waals surface area contributed by atoms with Crippen molar-refractivity contribution >= 4 is 23.5 Å². The number of aliphatic carboxylic acids is 1. The number of hydrogen-bond donors (Lipinski definition) is 2. The first kappa shape index (κ1) is 35.2. The molecule has 1 fully saturated rings. The summed E-state index contributed by atoms with van der Waals surface area (Å²) in [4.78, 5) is 45.1. The quantitative estimate of drug-likeness (QED) is 0.268. The number of alkyl halides is 3. The lowest BCUT2D eigenvalue weighted by Crippen LogP contribution is -2.56. The van der Waals surface area contributed by atoms with Gasteiger partial charge in [-0.25, -0.2) is 0 Å². The molecule has 4 rings (SSSR count). The predicted octanol–water partition coefficient (Wildman–Crippen LogP) is 7.05. The van der Waals surface area contributed by atoms with Crippen LogP contribution in [-0.4, -0.2) is 58.1 Å². The first-order valence-electron chi connectivity index (χ1n) is 16.2. The Morgan fingerprint density at radius 1 is 1.17 bits per heavy atom. The van der Waals surface area contributed by atoms with Crippen molar-refractivity contribution in [2.24, 2.45) is 28.2 Å². The molecule has 2 aliphatic carbocycles. The molecular weight excluding hydrogens is 599 g/mol. The molecule has 3 aliphatic rings. The number of hydrogen-bond acceptors (Lipinski definition) is 5. The zero-order valence-corrected chi connectivity index (χ0v) is 27.3. The van der Waals surface area contributed by atoms with E-state index in [0.717, 1.165) is 19.3 Å². The van der Waals surface area contributed by atoms with Crippen LogP contribution in [0.3, 0.4) is 0 Å². The van der Waals surface area contributed by atoms with Crippen molar-refractivity contribution < 1.29 is 37.4 Å². The molecule has 0 aromatic heterocycles. The van der Waals surface area contributed by atoms with E-state index in [-0.39, 0.29) is 53.4 Å². The molecule has 252 valence electrons. The molecule has 0 radical (unpaired) electrons. The van der Waals surface area contributed by atoms with Crippen molar-refractivity contribution in [3.63, 3.8) is 0 Å². The fraction of sp³-hybridized carbons (Fsp3) is 0.600. The molecule has 2 atom stereocenters. The predicted molar refractivity (Wildman–Crippen MR) is 169 cm³/mol. The van der Waals surface area contributed by atoms with Gasteiger partial charge in [0.2, 0.25) is 0 Å². The van der Waals surface area contributed by atoms with Gasteiger partial charge in [-0.2, -0.15) is 0 Å². The third kappa shape index (κ3) is 8.79. The molecule has 0 saturated heterocycles. The molecular formula is C35H46F3N3O5. The number of carboxylic acid groups (broad SMARTS) is 1. The SMILES string of the molecule is CC(C)C1CCC2(CC1)N=C(c1cccc(OC(F)(F)F)c1)C(=O)N2C(CCC(C)(C)C)C1C=CC(C(=O)NCCC(=O)O)=CC1. The van der Waals surface area contributed by atoms with E-state index in [1.54, 1.807) is 12.1 Å². The monoisotopic (exact) mass is 645 g/mol. The van der Waals surface area contributed by atoms with Crippen LogP contribution in [0.2, 0.25) is 0 Å². The van der Waals surface area contributed by atoms with E-state index in [4.69, 9.17) is 10.1 Å². The van der Waals surface area contributed by atoms with E-state index >= 15 is 0 Å². The van der Waals surface area contributed by atoms with Gasteiger partial charge in [-0.15, -0.1) is 13.2 Å². The molecule has 1 aromatic carbocycles. The minimum atomic E-state index is -4.87. The van der Waals surface area contributed by atoms with Crippen molar-refractivity contribution in [3.8, 4) is 5.75 Å². The average Bonchev–Trinajstić information content (AvgIpc) is 3.23. The number of carbonyl (C=O) groups is 3. The van der Waals surface area contributed by atoms with E-state index in [2.05, 4.69) is 44.7 Å². The molecule has 11 heteroatoms. The summed E-state index contributed by atoms with van der Waals surface area (Å²) in [5, 5.41) is 11.5. The van der Waals surface area contributed by atoms with Crippen molar-refractivity contribution in [1.29, 1.82) is 0 Å². The van der Waals surface area contributed by atoms with Crippen LogP contribution >= 0.6 is 0 Å². The van der Waals surface area contributed by atoms with Crippen LogP contribution in [-0.2, 0) is 14.4 Å². The van der Waals surface area contributed by atoms with Crippen molar-refractivity contribution in [2.45, 2.75) is 104 Å². The highest BCUT2D eigenvalue weighted by Gasteiger charge is 2.53. The zero-order valence-electron chi connectivity index (χ0n) is 27.3. The first-order chi connectivity index (χ1) is 21.5. The Hall–Kier alpha value is -3.63. The van der Waals surface area contributed by atoms with E-state index in [9.17, 15) is 27.6 Å². The van der Waals surface area contributed by atoms with E-state index in [0.29, 0.717) is 43.1 Å². The van der Waals surface area contributed by atoms with Crippen LogP contribution in [0.1, 0.15) is 91.5 Å². The molecule has 1 aliphatic heterocycles. The number of ether oxygens (including phenoxy) is 1. The lowest BCUT2D eigenvalue weighted by atomic mass is 9.74. The molecule has 2 N–H and O–H groups in total. The second kappa shape index (κ2) is 14.0. The fourth-order valence-electron chi connectivity index (χ4n) is 6.81. The highest BCUT2D eigenvalue weighted by molar-refractivity contribution is 6.46. The summed E-state index contributed by atoms with van der Waals surface area (Å²) < 4.78 is 43.3. The van der Waals surface area contributed by atoms with Crippen LogP contribution in [0.15, 0.2) is 53.1 Å². The second-order valence-corrected chi connectivity index (χ2v) is 14.3. The van der Waals surface area contributed by atoms with Crippen LogP contribution in [0.5, 0.6) is 5.75 Å². The van der Waals surface area contributed by atoms with Gasteiger partial charge in [-0.05, 0) is 74.3 Å². The number of carbonyl (C=O) groups excluding carboxylic acids is 2. The summed E-state index contributed by atoms with van der Waals surface area (Å²) in [5.41, 5.74) is 0.0148. The Morgan fingerprint density at radius 3 is 2.43 bits per heavy atom. The number of amides is 2. The minimum Gasteiger partial charge on any atom is -0.481 e. The van der Waals surface area contributed by atoms with Gasteiger partial charge in [0.1, 0.15) is 17.1 Å². The van der Waals surface area contributed by atoms with Gasteiger partial charge >= 0.3 is 12.3 Å². The second-order valence-electron chi connectivity index (χ2n) is 14.3. The van der Waals surface area contributed by atoms with Crippen LogP contribution in [0.25, 0.3) is 0 Å². The number of allylic oxidation sites excluding steroid dienone is 1. The summed E-state index contributed by atoms with van der Waals surface area (Å²) in [5.74, 6) is -1.23. The third-order valence-electron chi connectivity index (χ3n) is 9.34. The van der Waals surface area contributed by atoms with Gasteiger partial charge in [0.05, 0.1) is 6.42 Å². The third-order valence-corrected chi connectivity index (χ3v) is 9.34. The van der Waals surface area contributed by atoms with Gasteiger partial charge in [0.25, 0.3) is 11.8 Å². The minimum absolute atomic E-state index is 0.0223. The summed E-state index contributed by atoms with van der Waals surface area (Å²) in [7, 11) is 0. The Balaban J connectivity index is 1.68. The van der Waals surface area contributed by atoms with E-state index in [1.807, 2.05) is 17.1 Å².